The molecule has 7 heteroatoms. The minimum absolute atomic E-state index is 0.00917. The zero-order valence-corrected chi connectivity index (χ0v) is 11.3. The molecule has 1 heterocycles. The van der Waals surface area contributed by atoms with Crippen LogP contribution in [-0.2, 0) is 6.54 Å². The predicted octanol–water partition coefficient (Wildman–Crippen LogP) is 2.72. The normalized spacial score (nSPS) is 10.6. The highest BCUT2D eigenvalue weighted by Crippen LogP contribution is 2.27. The Hall–Kier alpha value is -2.57. The molecule has 0 saturated carbocycles. The summed E-state index contributed by atoms with van der Waals surface area (Å²) in [7, 11) is 0. The van der Waals surface area contributed by atoms with Gasteiger partial charge in [-0.1, -0.05) is 0 Å². The number of H-pyrrole nitrogens is 1. The summed E-state index contributed by atoms with van der Waals surface area (Å²) in [6.07, 6.45) is 3.32. The average Bonchev–Trinajstić information content (AvgIpc) is 2.88. The largest absolute Gasteiger partial charge is 0.491 e. The summed E-state index contributed by atoms with van der Waals surface area (Å²) in [6.45, 7) is 4.19. The lowest BCUT2D eigenvalue weighted by Gasteiger charge is -2.12. The van der Waals surface area contributed by atoms with Gasteiger partial charge in [0.2, 0.25) is 0 Å². The number of aromatic amines is 1. The third-order valence-electron chi connectivity index (χ3n) is 2.49. The Morgan fingerprint density at radius 2 is 2.25 bits per heavy atom. The van der Waals surface area contributed by atoms with Crippen molar-refractivity contribution in [3.8, 4) is 5.75 Å². The summed E-state index contributed by atoms with van der Waals surface area (Å²) in [5.74, 6) is 1.22. The molecule has 1 aromatic carbocycles. The molecule has 0 aliphatic heterocycles. The van der Waals surface area contributed by atoms with E-state index in [4.69, 9.17) is 4.74 Å². The van der Waals surface area contributed by atoms with Crippen LogP contribution in [0.1, 0.15) is 19.7 Å². The van der Waals surface area contributed by atoms with Crippen molar-refractivity contribution in [3.05, 3.63) is 46.5 Å². The minimum Gasteiger partial charge on any atom is -0.491 e. The molecule has 106 valence electrons. The first-order valence-corrected chi connectivity index (χ1v) is 6.23. The summed E-state index contributed by atoms with van der Waals surface area (Å²) in [6, 6.07) is 4.62. The van der Waals surface area contributed by atoms with Crippen molar-refractivity contribution >= 4 is 11.4 Å². The number of anilines is 1. The van der Waals surface area contributed by atoms with E-state index in [-0.39, 0.29) is 11.8 Å². The fourth-order valence-electron chi connectivity index (χ4n) is 1.71. The molecular weight excluding hydrogens is 260 g/mol. The van der Waals surface area contributed by atoms with Crippen LogP contribution in [0.4, 0.5) is 11.4 Å². The average molecular weight is 276 g/mol. The topological polar surface area (TPSA) is 93.1 Å². The number of hydrogen-bond donors (Lipinski definition) is 2. The SMILES string of the molecule is CC(C)Oc1cc(NCc2ncc[nH]2)cc([N+](=O)[O-])c1. The molecule has 0 fully saturated rings. The molecule has 7 nitrogen and oxygen atoms in total. The lowest BCUT2D eigenvalue weighted by molar-refractivity contribution is -0.384. The zero-order chi connectivity index (χ0) is 14.5. The van der Waals surface area contributed by atoms with Crippen LogP contribution in [-0.4, -0.2) is 21.0 Å². The standard InChI is InChI=1S/C13H16N4O3/c1-9(2)20-12-6-10(5-11(7-12)17(18)19)16-8-13-14-3-4-15-13/h3-7,9,16H,8H2,1-2H3,(H,14,15). The highest BCUT2D eigenvalue weighted by molar-refractivity contribution is 5.56. The number of nitrogens with zero attached hydrogens (tertiary/aromatic N) is 2. The van der Waals surface area contributed by atoms with E-state index >= 15 is 0 Å². The number of aromatic nitrogens is 2. The van der Waals surface area contributed by atoms with Gasteiger partial charge >= 0.3 is 0 Å². The third kappa shape index (κ3) is 3.71. The second-order valence-corrected chi connectivity index (χ2v) is 4.53. The second kappa shape index (κ2) is 6.05. The summed E-state index contributed by atoms with van der Waals surface area (Å²) in [5.41, 5.74) is 0.608. The lowest BCUT2D eigenvalue weighted by atomic mass is 10.2. The highest BCUT2D eigenvalue weighted by atomic mass is 16.6. The van der Waals surface area contributed by atoms with Crippen LogP contribution in [0.3, 0.4) is 0 Å². The quantitative estimate of drug-likeness (QED) is 0.625. The van der Waals surface area contributed by atoms with Gasteiger partial charge in [0.25, 0.3) is 5.69 Å². The van der Waals surface area contributed by atoms with Gasteiger partial charge in [-0.05, 0) is 13.8 Å². The maximum Gasteiger partial charge on any atom is 0.275 e. The van der Waals surface area contributed by atoms with Crippen molar-refractivity contribution in [2.45, 2.75) is 26.5 Å². The third-order valence-corrected chi connectivity index (χ3v) is 2.49. The van der Waals surface area contributed by atoms with Crippen molar-refractivity contribution < 1.29 is 9.66 Å². The number of nitro benzene ring substituents is 1. The van der Waals surface area contributed by atoms with Crippen LogP contribution in [0.25, 0.3) is 0 Å². The van der Waals surface area contributed by atoms with Crippen LogP contribution in [0.5, 0.6) is 5.75 Å². The Kier molecular flexibility index (Phi) is 4.19. The monoisotopic (exact) mass is 276 g/mol. The van der Waals surface area contributed by atoms with Gasteiger partial charge in [-0.3, -0.25) is 10.1 Å². The molecule has 0 amide bonds. The molecule has 2 rings (SSSR count). The smallest absolute Gasteiger partial charge is 0.275 e. The van der Waals surface area contributed by atoms with Gasteiger partial charge in [-0.25, -0.2) is 4.98 Å². The number of ether oxygens (including phenoxy) is 1. The Morgan fingerprint density at radius 3 is 2.85 bits per heavy atom. The van der Waals surface area contributed by atoms with Gasteiger partial charge in [-0.2, -0.15) is 0 Å². The van der Waals surface area contributed by atoms with Crippen molar-refractivity contribution in [3.63, 3.8) is 0 Å². The minimum atomic E-state index is -0.439. The number of hydrogen-bond acceptors (Lipinski definition) is 5. The number of non-ortho nitro benzene ring substituents is 1. The summed E-state index contributed by atoms with van der Waals surface area (Å²) < 4.78 is 5.51. The van der Waals surface area contributed by atoms with Crippen LogP contribution in [0.15, 0.2) is 30.6 Å². The number of nitro groups is 1. The molecule has 2 aromatic rings. The number of benzene rings is 1. The Bertz CT molecular complexity index is 581. The first-order chi connectivity index (χ1) is 9.54. The van der Waals surface area contributed by atoms with E-state index in [1.807, 2.05) is 13.8 Å². The molecule has 0 radical (unpaired) electrons. The molecule has 1 aromatic heterocycles. The van der Waals surface area contributed by atoms with E-state index in [1.54, 1.807) is 18.5 Å². The van der Waals surface area contributed by atoms with Crippen LogP contribution in [0.2, 0.25) is 0 Å². The molecule has 2 N–H and O–H groups in total. The van der Waals surface area contributed by atoms with Gasteiger partial charge in [0, 0.05) is 30.2 Å². The summed E-state index contributed by atoms with van der Waals surface area (Å²) >= 11 is 0. The van der Waals surface area contributed by atoms with Crippen molar-refractivity contribution in [2.24, 2.45) is 0 Å². The van der Waals surface area contributed by atoms with Crippen molar-refractivity contribution in [2.75, 3.05) is 5.32 Å². The van der Waals surface area contributed by atoms with Gasteiger partial charge < -0.3 is 15.0 Å². The number of rotatable bonds is 6. The van der Waals surface area contributed by atoms with Crippen molar-refractivity contribution in [1.82, 2.24) is 9.97 Å². The number of nitrogens with one attached hydrogen (secondary N) is 2. The number of imidazole rings is 1. The molecular formula is C13H16N4O3. The van der Waals surface area contributed by atoms with E-state index in [2.05, 4.69) is 15.3 Å². The zero-order valence-electron chi connectivity index (χ0n) is 11.3. The van der Waals surface area contributed by atoms with Gasteiger partial charge in [-0.15, -0.1) is 0 Å². The summed E-state index contributed by atoms with van der Waals surface area (Å²) in [5, 5.41) is 14.0. The van der Waals surface area contributed by atoms with Crippen LogP contribution in [0, 0.1) is 10.1 Å². The Labute approximate surface area is 116 Å². The molecule has 0 bridgehead atoms. The fraction of sp³-hybridized carbons (Fsp3) is 0.308. The van der Waals surface area contributed by atoms with E-state index in [0.717, 1.165) is 5.82 Å². The first-order valence-electron chi connectivity index (χ1n) is 6.23. The predicted molar refractivity (Wildman–Crippen MR) is 74.8 cm³/mol. The molecule has 0 unspecified atom stereocenters. The molecule has 0 saturated heterocycles. The first kappa shape index (κ1) is 13.9. The van der Waals surface area contributed by atoms with E-state index in [9.17, 15) is 10.1 Å². The maximum absolute atomic E-state index is 10.9. The summed E-state index contributed by atoms with van der Waals surface area (Å²) in [4.78, 5) is 17.5. The van der Waals surface area contributed by atoms with E-state index in [1.165, 1.54) is 12.1 Å². The van der Waals surface area contributed by atoms with Crippen LogP contribution >= 0.6 is 0 Å². The van der Waals surface area contributed by atoms with E-state index in [0.29, 0.717) is 18.0 Å². The van der Waals surface area contributed by atoms with Gasteiger partial charge in [0.15, 0.2) is 0 Å². The highest BCUT2D eigenvalue weighted by Gasteiger charge is 2.11. The Balaban J connectivity index is 2.17. The molecule has 0 atom stereocenters. The molecule has 0 aliphatic carbocycles. The maximum atomic E-state index is 10.9. The second-order valence-electron chi connectivity index (χ2n) is 4.53. The van der Waals surface area contributed by atoms with Crippen molar-refractivity contribution in [1.29, 1.82) is 0 Å². The van der Waals surface area contributed by atoms with Gasteiger partial charge in [0.1, 0.15) is 11.6 Å². The molecule has 20 heavy (non-hydrogen) atoms. The van der Waals surface area contributed by atoms with Gasteiger partial charge in [0.05, 0.1) is 23.6 Å². The molecule has 0 spiro atoms. The molecule has 0 aliphatic rings. The fourth-order valence-corrected chi connectivity index (χ4v) is 1.71. The van der Waals surface area contributed by atoms with E-state index < -0.39 is 4.92 Å². The lowest BCUT2D eigenvalue weighted by Crippen LogP contribution is -2.07. The Morgan fingerprint density at radius 1 is 1.45 bits per heavy atom. The van der Waals surface area contributed by atoms with Crippen LogP contribution < -0.4 is 10.1 Å².